The molecule has 0 spiro atoms. The number of carbonyl (C=O) groups is 2. The Morgan fingerprint density at radius 3 is 2.44 bits per heavy atom. The number of hydrogen-bond acceptors (Lipinski definition) is 3. The first kappa shape index (κ1) is 20.9. The van der Waals surface area contributed by atoms with Crippen LogP contribution in [0.15, 0.2) is 30.3 Å². The summed E-state index contributed by atoms with van der Waals surface area (Å²) in [4.78, 5) is 28.1. The van der Waals surface area contributed by atoms with Gasteiger partial charge < -0.3 is 5.11 Å². The first-order chi connectivity index (χ1) is 12.1. The van der Waals surface area contributed by atoms with Crippen LogP contribution in [0.25, 0.3) is 6.08 Å². The lowest BCUT2D eigenvalue weighted by molar-refractivity contribution is -0.137. The lowest BCUT2D eigenvalue weighted by Gasteiger charge is -2.19. The highest BCUT2D eigenvalue weighted by Crippen LogP contribution is 2.11. The van der Waals surface area contributed by atoms with Gasteiger partial charge in [-0.15, -0.1) is 0 Å². The molecule has 5 nitrogen and oxygen atoms in total. The third-order valence-corrected chi connectivity index (χ3v) is 3.89. The average Bonchev–Trinajstić information content (AvgIpc) is 2.61. The summed E-state index contributed by atoms with van der Waals surface area (Å²) in [7, 11) is 1.45. The minimum atomic E-state index is -0.825. The third kappa shape index (κ3) is 8.49. The predicted molar refractivity (Wildman–Crippen MR) is 99.2 cm³/mol. The molecule has 0 aromatic heterocycles. The number of aliphatic carboxylic acids is 1. The third-order valence-electron chi connectivity index (χ3n) is 3.89. The summed E-state index contributed by atoms with van der Waals surface area (Å²) in [6.45, 7) is 2.57. The van der Waals surface area contributed by atoms with Crippen molar-refractivity contribution in [2.75, 3.05) is 13.7 Å². The van der Waals surface area contributed by atoms with Crippen LogP contribution in [0.3, 0.4) is 0 Å². The highest BCUT2D eigenvalue weighted by atomic mass is 16.7. The molecular weight excluding hydrogens is 318 g/mol. The number of carboxylic acids is 1. The van der Waals surface area contributed by atoms with E-state index in [1.54, 1.807) is 12.1 Å². The molecule has 1 rings (SSSR count). The molecule has 0 aliphatic heterocycles. The van der Waals surface area contributed by atoms with E-state index in [2.05, 4.69) is 19.1 Å². The van der Waals surface area contributed by atoms with Crippen molar-refractivity contribution in [1.82, 2.24) is 5.06 Å². The number of carbonyl (C=O) groups excluding carboxylic acids is 1. The lowest BCUT2D eigenvalue weighted by atomic mass is 10.1. The summed E-state index contributed by atoms with van der Waals surface area (Å²) >= 11 is 0. The Morgan fingerprint density at radius 1 is 1.12 bits per heavy atom. The Labute approximate surface area is 150 Å². The van der Waals surface area contributed by atoms with Crippen molar-refractivity contribution in [3.05, 3.63) is 41.5 Å². The SMILES string of the molecule is CCCCC/C=C/c1ccc(C(=O)N(CCCCC(=O)O)OC)cc1. The van der Waals surface area contributed by atoms with Crippen molar-refractivity contribution in [2.45, 2.75) is 51.9 Å². The number of hydrogen-bond donors (Lipinski definition) is 1. The van der Waals surface area contributed by atoms with E-state index >= 15 is 0 Å². The molecule has 0 unspecified atom stereocenters. The first-order valence-electron chi connectivity index (χ1n) is 8.92. The molecule has 0 saturated carbocycles. The summed E-state index contributed by atoms with van der Waals surface area (Å²) in [6, 6.07) is 7.41. The monoisotopic (exact) mass is 347 g/mol. The van der Waals surface area contributed by atoms with Crippen LogP contribution >= 0.6 is 0 Å². The Morgan fingerprint density at radius 2 is 1.84 bits per heavy atom. The molecule has 0 aliphatic rings. The summed E-state index contributed by atoms with van der Waals surface area (Å²) in [5, 5.41) is 9.91. The fourth-order valence-electron chi connectivity index (χ4n) is 2.42. The molecule has 1 aromatic carbocycles. The van der Waals surface area contributed by atoms with Gasteiger partial charge in [-0.25, -0.2) is 5.06 Å². The number of carboxylic acid groups (broad SMARTS) is 1. The van der Waals surface area contributed by atoms with Gasteiger partial charge in [-0.1, -0.05) is 44.1 Å². The molecule has 0 heterocycles. The zero-order valence-corrected chi connectivity index (χ0v) is 15.2. The van der Waals surface area contributed by atoms with Crippen molar-refractivity contribution in [3.63, 3.8) is 0 Å². The quantitative estimate of drug-likeness (QED) is 0.445. The lowest BCUT2D eigenvalue weighted by Crippen LogP contribution is -2.31. The zero-order chi connectivity index (χ0) is 18.5. The predicted octanol–water partition coefficient (Wildman–Crippen LogP) is 4.54. The van der Waals surface area contributed by atoms with E-state index in [9.17, 15) is 9.59 Å². The van der Waals surface area contributed by atoms with Crippen LogP contribution < -0.4 is 0 Å². The topological polar surface area (TPSA) is 66.8 Å². The van der Waals surface area contributed by atoms with Crippen LogP contribution in [0.5, 0.6) is 0 Å². The Bertz CT molecular complexity index is 551. The van der Waals surface area contributed by atoms with E-state index in [0.717, 1.165) is 12.0 Å². The van der Waals surface area contributed by atoms with Crippen LogP contribution in [-0.4, -0.2) is 35.7 Å². The standard InChI is InChI=1S/C20H29NO4/c1-3-4-5-6-7-10-17-12-14-18(15-13-17)20(24)21(25-2)16-9-8-11-19(22)23/h7,10,12-15H,3-6,8-9,11,16H2,1-2H3,(H,22,23)/b10-7+. The van der Waals surface area contributed by atoms with E-state index in [1.165, 1.54) is 31.4 Å². The Kier molecular flexibility index (Phi) is 10.2. The van der Waals surface area contributed by atoms with Crippen LogP contribution in [-0.2, 0) is 9.63 Å². The average molecular weight is 347 g/mol. The smallest absolute Gasteiger partial charge is 0.303 e. The second-order valence-corrected chi connectivity index (χ2v) is 5.96. The minimum absolute atomic E-state index is 0.102. The van der Waals surface area contributed by atoms with Gasteiger partial charge >= 0.3 is 5.97 Å². The Hall–Kier alpha value is -2.14. The van der Waals surface area contributed by atoms with E-state index in [1.807, 2.05) is 12.1 Å². The number of unbranched alkanes of at least 4 members (excludes halogenated alkanes) is 4. The summed E-state index contributed by atoms with van der Waals surface area (Å²) < 4.78 is 0. The maximum atomic E-state index is 12.4. The van der Waals surface area contributed by atoms with Gasteiger partial charge in [0.25, 0.3) is 5.91 Å². The highest BCUT2D eigenvalue weighted by molar-refractivity contribution is 5.93. The highest BCUT2D eigenvalue weighted by Gasteiger charge is 2.15. The van der Waals surface area contributed by atoms with Crippen LogP contribution in [0.4, 0.5) is 0 Å². The molecule has 0 atom stereocenters. The molecule has 1 aromatic rings. The summed E-state index contributed by atoms with van der Waals surface area (Å²) in [5.74, 6) is -1.04. The number of hydroxylamine groups is 2. The Balaban J connectivity index is 2.51. The second kappa shape index (κ2) is 12.3. The van der Waals surface area contributed by atoms with E-state index < -0.39 is 5.97 Å². The number of rotatable bonds is 12. The largest absolute Gasteiger partial charge is 0.481 e. The van der Waals surface area contributed by atoms with Gasteiger partial charge in [0.05, 0.1) is 7.11 Å². The van der Waals surface area contributed by atoms with Crippen LogP contribution in [0, 0.1) is 0 Å². The summed E-state index contributed by atoms with van der Waals surface area (Å²) in [6.07, 6.45) is 10.2. The number of nitrogens with zero attached hydrogens (tertiary/aromatic N) is 1. The van der Waals surface area contributed by atoms with Gasteiger partial charge in [-0.2, -0.15) is 0 Å². The molecule has 0 radical (unpaired) electrons. The van der Waals surface area contributed by atoms with Gasteiger partial charge in [0.15, 0.2) is 0 Å². The van der Waals surface area contributed by atoms with Gasteiger partial charge in [-0.05, 0) is 43.4 Å². The van der Waals surface area contributed by atoms with Gasteiger partial charge in [0, 0.05) is 18.5 Å². The maximum absolute atomic E-state index is 12.4. The second-order valence-electron chi connectivity index (χ2n) is 5.96. The molecule has 1 amide bonds. The zero-order valence-electron chi connectivity index (χ0n) is 15.2. The van der Waals surface area contributed by atoms with Crippen LogP contribution in [0.2, 0.25) is 0 Å². The van der Waals surface area contributed by atoms with Gasteiger partial charge in [-0.3, -0.25) is 14.4 Å². The normalized spacial score (nSPS) is 11.0. The molecule has 1 N–H and O–H groups in total. The fourth-order valence-corrected chi connectivity index (χ4v) is 2.42. The molecule has 0 aliphatic carbocycles. The molecule has 0 bridgehead atoms. The van der Waals surface area contributed by atoms with Crippen LogP contribution in [0.1, 0.15) is 67.8 Å². The van der Waals surface area contributed by atoms with Crippen molar-refractivity contribution in [2.24, 2.45) is 0 Å². The van der Waals surface area contributed by atoms with Crippen molar-refractivity contribution >= 4 is 18.0 Å². The maximum Gasteiger partial charge on any atom is 0.303 e. The molecule has 5 heteroatoms. The fraction of sp³-hybridized carbons (Fsp3) is 0.500. The molecule has 0 saturated heterocycles. The number of allylic oxidation sites excluding steroid dienone is 1. The first-order valence-corrected chi connectivity index (χ1v) is 8.92. The molecule has 25 heavy (non-hydrogen) atoms. The molecule has 138 valence electrons. The van der Waals surface area contributed by atoms with E-state index in [-0.39, 0.29) is 12.3 Å². The van der Waals surface area contributed by atoms with Crippen molar-refractivity contribution < 1.29 is 19.5 Å². The minimum Gasteiger partial charge on any atom is -0.481 e. The van der Waals surface area contributed by atoms with E-state index in [4.69, 9.17) is 9.94 Å². The van der Waals surface area contributed by atoms with Crippen molar-refractivity contribution in [1.29, 1.82) is 0 Å². The number of benzene rings is 1. The number of amides is 1. The molecular formula is C20H29NO4. The van der Waals surface area contributed by atoms with Gasteiger partial charge in [0.1, 0.15) is 0 Å². The van der Waals surface area contributed by atoms with Crippen molar-refractivity contribution in [3.8, 4) is 0 Å². The summed E-state index contributed by atoms with van der Waals surface area (Å²) in [5.41, 5.74) is 1.63. The van der Waals surface area contributed by atoms with E-state index in [0.29, 0.717) is 24.9 Å². The van der Waals surface area contributed by atoms with Gasteiger partial charge in [0.2, 0.25) is 0 Å². The molecule has 0 fully saturated rings.